The molecule has 2 rings (SSSR count). The van der Waals surface area contributed by atoms with Crippen LogP contribution in [0.1, 0.15) is 33.6 Å². The fourth-order valence-corrected chi connectivity index (χ4v) is 4.94. The molecule has 0 aromatic heterocycles. The van der Waals surface area contributed by atoms with Crippen molar-refractivity contribution in [1.82, 2.24) is 9.62 Å². The molecule has 1 atom stereocenters. The number of anilines is 1. The smallest absolute Gasteiger partial charge is 0.241 e. The topological polar surface area (TPSA) is 52.7 Å². The summed E-state index contributed by atoms with van der Waals surface area (Å²) in [6.45, 7) is 9.30. The van der Waals surface area contributed by atoms with Crippen LogP contribution in [0.5, 0.6) is 0 Å². The van der Waals surface area contributed by atoms with E-state index in [0.717, 1.165) is 48.9 Å². The Labute approximate surface area is 164 Å². The number of benzene rings is 2. The molecule has 0 aliphatic rings. The minimum Gasteiger partial charge on any atom is -0.377 e. The number of rotatable bonds is 10. The Hall–Kier alpha value is -1.63. The zero-order valence-electron chi connectivity index (χ0n) is 17.2. The van der Waals surface area contributed by atoms with Crippen LogP contribution in [0, 0.1) is 0 Å². The van der Waals surface area contributed by atoms with Crippen LogP contribution in [0.25, 0.3) is 10.8 Å². The highest BCUT2D eigenvalue weighted by atomic mass is 32.2. The molecule has 0 saturated heterocycles. The Morgan fingerprint density at radius 2 is 1.63 bits per heavy atom. The predicted molar refractivity (Wildman–Crippen MR) is 115 cm³/mol. The van der Waals surface area contributed by atoms with Gasteiger partial charge in [0.2, 0.25) is 10.0 Å². The first kappa shape index (κ1) is 21.7. The molecule has 150 valence electrons. The van der Waals surface area contributed by atoms with Crippen molar-refractivity contribution >= 4 is 26.5 Å². The summed E-state index contributed by atoms with van der Waals surface area (Å²) in [6, 6.07) is 11.2. The van der Waals surface area contributed by atoms with E-state index >= 15 is 0 Å². The van der Waals surface area contributed by atoms with Gasteiger partial charge < -0.3 is 9.80 Å². The molecule has 0 aliphatic carbocycles. The second kappa shape index (κ2) is 9.53. The fourth-order valence-electron chi connectivity index (χ4n) is 3.44. The Bertz CT molecular complexity index is 846. The van der Waals surface area contributed by atoms with E-state index < -0.39 is 10.0 Å². The van der Waals surface area contributed by atoms with Crippen LogP contribution in [0.4, 0.5) is 5.69 Å². The van der Waals surface area contributed by atoms with Gasteiger partial charge in [0.25, 0.3) is 0 Å². The third-order valence-electron chi connectivity index (χ3n) is 4.99. The van der Waals surface area contributed by atoms with Gasteiger partial charge in [-0.25, -0.2) is 13.1 Å². The van der Waals surface area contributed by atoms with Crippen LogP contribution in [0.2, 0.25) is 0 Å². The van der Waals surface area contributed by atoms with Crippen molar-refractivity contribution in [3.8, 4) is 0 Å². The molecule has 0 aliphatic heterocycles. The Morgan fingerprint density at radius 1 is 1.00 bits per heavy atom. The van der Waals surface area contributed by atoms with Crippen molar-refractivity contribution in [3.05, 3.63) is 36.4 Å². The molecule has 1 unspecified atom stereocenters. The molecule has 0 spiro atoms. The first-order valence-corrected chi connectivity index (χ1v) is 11.2. The molecule has 5 nitrogen and oxygen atoms in total. The van der Waals surface area contributed by atoms with E-state index in [9.17, 15) is 8.42 Å². The number of hydrogen-bond acceptors (Lipinski definition) is 4. The summed E-state index contributed by atoms with van der Waals surface area (Å²) in [4.78, 5) is 4.70. The standard InChI is InChI=1S/C21H33N3O2S/c1-6-24(7-2)16-10-11-17(3)22-27(25,26)21-15-9-12-18-19(21)13-8-14-20(18)23(4)5/h8-9,12-15,17,22H,6-7,10-11,16H2,1-5H3. The monoisotopic (exact) mass is 391 g/mol. The summed E-state index contributed by atoms with van der Waals surface area (Å²) >= 11 is 0. The van der Waals surface area contributed by atoms with Gasteiger partial charge in [-0.15, -0.1) is 0 Å². The normalized spacial score (nSPS) is 13.3. The summed E-state index contributed by atoms with van der Waals surface area (Å²) in [5.74, 6) is 0. The number of hydrogen-bond donors (Lipinski definition) is 1. The van der Waals surface area contributed by atoms with Gasteiger partial charge in [0, 0.05) is 36.6 Å². The van der Waals surface area contributed by atoms with Gasteiger partial charge in [-0.1, -0.05) is 38.1 Å². The number of nitrogens with one attached hydrogen (secondary N) is 1. The van der Waals surface area contributed by atoms with Gasteiger partial charge in [-0.2, -0.15) is 0 Å². The molecule has 6 heteroatoms. The van der Waals surface area contributed by atoms with Gasteiger partial charge in [-0.05, 0) is 51.5 Å². The molecule has 0 bridgehead atoms. The minimum absolute atomic E-state index is 0.0992. The quantitative estimate of drug-likeness (QED) is 0.671. The molecule has 0 fully saturated rings. The molecule has 2 aromatic rings. The zero-order chi connectivity index (χ0) is 20.0. The average Bonchev–Trinajstić information content (AvgIpc) is 2.63. The molecule has 0 radical (unpaired) electrons. The first-order chi connectivity index (χ1) is 12.8. The second-order valence-electron chi connectivity index (χ2n) is 7.21. The van der Waals surface area contributed by atoms with E-state index in [1.165, 1.54) is 0 Å². The van der Waals surface area contributed by atoms with Crippen molar-refractivity contribution in [2.75, 3.05) is 38.6 Å². The lowest BCUT2D eigenvalue weighted by molar-refractivity contribution is 0.293. The van der Waals surface area contributed by atoms with Crippen molar-refractivity contribution in [2.24, 2.45) is 0 Å². The minimum atomic E-state index is -3.57. The van der Waals surface area contributed by atoms with Crippen LogP contribution in [-0.4, -0.2) is 53.1 Å². The molecule has 27 heavy (non-hydrogen) atoms. The highest BCUT2D eigenvalue weighted by Gasteiger charge is 2.20. The van der Waals surface area contributed by atoms with E-state index in [4.69, 9.17) is 0 Å². The van der Waals surface area contributed by atoms with Crippen LogP contribution in [0.15, 0.2) is 41.3 Å². The highest BCUT2D eigenvalue weighted by Crippen LogP contribution is 2.30. The molecule has 0 heterocycles. The summed E-state index contributed by atoms with van der Waals surface area (Å²) < 4.78 is 28.9. The molecule has 0 saturated carbocycles. The van der Waals surface area contributed by atoms with E-state index in [0.29, 0.717) is 4.90 Å². The van der Waals surface area contributed by atoms with Gasteiger partial charge in [0.1, 0.15) is 0 Å². The Kier molecular flexibility index (Phi) is 7.65. The second-order valence-corrected chi connectivity index (χ2v) is 8.90. The Balaban J connectivity index is 2.18. The van der Waals surface area contributed by atoms with Gasteiger partial charge >= 0.3 is 0 Å². The zero-order valence-corrected chi connectivity index (χ0v) is 18.0. The third kappa shape index (κ3) is 5.43. The molecular weight excluding hydrogens is 358 g/mol. The number of fused-ring (bicyclic) bond motifs is 1. The number of sulfonamides is 1. The van der Waals surface area contributed by atoms with E-state index in [1.807, 2.05) is 56.3 Å². The van der Waals surface area contributed by atoms with Crippen molar-refractivity contribution in [2.45, 2.75) is 44.6 Å². The van der Waals surface area contributed by atoms with Crippen molar-refractivity contribution in [3.63, 3.8) is 0 Å². The summed E-state index contributed by atoms with van der Waals surface area (Å²) in [7, 11) is 0.356. The van der Waals surface area contributed by atoms with Gasteiger partial charge in [0.15, 0.2) is 0 Å². The van der Waals surface area contributed by atoms with Crippen molar-refractivity contribution < 1.29 is 8.42 Å². The molecule has 1 N–H and O–H groups in total. The fraction of sp³-hybridized carbons (Fsp3) is 0.524. The van der Waals surface area contributed by atoms with Crippen LogP contribution >= 0.6 is 0 Å². The molecular formula is C21H33N3O2S. The lowest BCUT2D eigenvalue weighted by Crippen LogP contribution is -2.33. The summed E-state index contributed by atoms with van der Waals surface area (Å²) in [5.41, 5.74) is 1.01. The van der Waals surface area contributed by atoms with Crippen LogP contribution in [0.3, 0.4) is 0 Å². The molecule has 2 aromatic carbocycles. The maximum Gasteiger partial charge on any atom is 0.241 e. The highest BCUT2D eigenvalue weighted by molar-refractivity contribution is 7.89. The predicted octanol–water partition coefficient (Wildman–Crippen LogP) is 3.69. The maximum atomic E-state index is 13.0. The van der Waals surface area contributed by atoms with Crippen molar-refractivity contribution in [1.29, 1.82) is 0 Å². The summed E-state index contributed by atoms with van der Waals surface area (Å²) in [6.07, 6.45) is 1.80. The van der Waals surface area contributed by atoms with Crippen LogP contribution < -0.4 is 9.62 Å². The lowest BCUT2D eigenvalue weighted by atomic mass is 10.1. The first-order valence-electron chi connectivity index (χ1n) is 9.73. The average molecular weight is 392 g/mol. The number of nitrogens with zero attached hydrogens (tertiary/aromatic N) is 2. The van der Waals surface area contributed by atoms with Gasteiger partial charge in [-0.3, -0.25) is 0 Å². The Morgan fingerprint density at radius 3 is 2.26 bits per heavy atom. The van der Waals surface area contributed by atoms with E-state index in [2.05, 4.69) is 23.5 Å². The maximum absolute atomic E-state index is 13.0. The molecule has 0 amide bonds. The van der Waals surface area contributed by atoms with E-state index in [-0.39, 0.29) is 6.04 Å². The SMILES string of the molecule is CCN(CC)CCCC(C)NS(=O)(=O)c1cccc2c(N(C)C)cccc12. The van der Waals surface area contributed by atoms with Gasteiger partial charge in [0.05, 0.1) is 4.90 Å². The third-order valence-corrected chi connectivity index (χ3v) is 6.64. The lowest BCUT2D eigenvalue weighted by Gasteiger charge is -2.20. The summed E-state index contributed by atoms with van der Waals surface area (Å²) in [5, 5.41) is 1.70. The van der Waals surface area contributed by atoms with E-state index in [1.54, 1.807) is 6.07 Å². The van der Waals surface area contributed by atoms with Crippen LogP contribution in [-0.2, 0) is 10.0 Å². The largest absolute Gasteiger partial charge is 0.377 e.